The molecule has 21 heavy (non-hydrogen) atoms. The molecular weight excluding hydrogens is 270 g/mol. The van der Waals surface area contributed by atoms with Crippen molar-refractivity contribution in [3.8, 4) is 0 Å². The van der Waals surface area contributed by atoms with Crippen LogP contribution in [0.25, 0.3) is 0 Å². The average molecular weight is 289 g/mol. The third kappa shape index (κ3) is 2.31. The highest BCUT2D eigenvalue weighted by molar-refractivity contribution is 6.04. The van der Waals surface area contributed by atoms with Gasteiger partial charge in [-0.25, -0.2) is 0 Å². The molecule has 0 spiro atoms. The molecule has 1 saturated heterocycles. The summed E-state index contributed by atoms with van der Waals surface area (Å²) in [6, 6.07) is 9.74. The molecule has 112 valence electrons. The molecule has 2 fully saturated rings. The number of carboxylic acid groups (broad SMARTS) is 1. The summed E-state index contributed by atoms with van der Waals surface area (Å²) in [5.74, 6) is -1.26. The molecule has 1 aliphatic carbocycles. The molecule has 0 radical (unpaired) electrons. The summed E-state index contributed by atoms with van der Waals surface area (Å²) in [4.78, 5) is 25.5. The van der Waals surface area contributed by atoms with Crippen molar-refractivity contribution in [3.63, 3.8) is 0 Å². The summed E-state index contributed by atoms with van der Waals surface area (Å²) in [5, 5.41) is 9.27. The van der Waals surface area contributed by atoms with Gasteiger partial charge in [-0.15, -0.1) is 0 Å². The van der Waals surface area contributed by atoms with Gasteiger partial charge in [0.1, 0.15) is 11.0 Å². The van der Waals surface area contributed by atoms with Gasteiger partial charge in [-0.05, 0) is 25.3 Å². The van der Waals surface area contributed by atoms with Gasteiger partial charge in [0.2, 0.25) is 5.91 Å². The van der Waals surface area contributed by atoms with E-state index in [-0.39, 0.29) is 5.91 Å². The topological polar surface area (TPSA) is 66.8 Å². The van der Waals surface area contributed by atoms with Crippen LogP contribution in [-0.4, -0.2) is 41.6 Å². The number of morpholine rings is 1. The maximum absolute atomic E-state index is 12.5. The van der Waals surface area contributed by atoms with Crippen LogP contribution in [-0.2, 0) is 19.9 Å². The van der Waals surface area contributed by atoms with Crippen molar-refractivity contribution in [2.45, 2.75) is 25.4 Å². The van der Waals surface area contributed by atoms with E-state index in [0.717, 1.165) is 5.56 Å². The number of carbonyl (C=O) groups excluding carboxylic acids is 1. The van der Waals surface area contributed by atoms with Gasteiger partial charge < -0.3 is 14.7 Å². The van der Waals surface area contributed by atoms with E-state index in [9.17, 15) is 14.7 Å². The molecule has 3 rings (SSSR count). The van der Waals surface area contributed by atoms with Gasteiger partial charge in [0, 0.05) is 6.54 Å². The smallest absolute Gasteiger partial charge is 0.319 e. The van der Waals surface area contributed by atoms with E-state index >= 15 is 0 Å². The zero-order valence-corrected chi connectivity index (χ0v) is 12.0. The largest absolute Gasteiger partial charge is 0.480 e. The standard InChI is InChI=1S/C16H19NO4/c1-15(12-5-3-2-4-6-12)11-17(9-10-21-15)13(18)16(7-8-16)14(19)20/h2-6H,7-11H2,1H3,(H,19,20). The van der Waals surface area contributed by atoms with Gasteiger partial charge >= 0.3 is 5.97 Å². The molecule has 0 aromatic heterocycles. The lowest BCUT2D eigenvalue weighted by Crippen LogP contribution is -2.53. The minimum Gasteiger partial charge on any atom is -0.480 e. The zero-order valence-electron chi connectivity index (χ0n) is 12.0. The summed E-state index contributed by atoms with van der Waals surface area (Å²) in [6.07, 6.45) is 0.890. The molecule has 1 aromatic carbocycles. The molecular formula is C16H19NO4. The molecule has 0 bridgehead atoms. The first-order valence-electron chi connectivity index (χ1n) is 7.20. The van der Waals surface area contributed by atoms with E-state index in [1.165, 1.54) is 0 Å². The van der Waals surface area contributed by atoms with E-state index in [1.807, 2.05) is 37.3 Å². The summed E-state index contributed by atoms with van der Waals surface area (Å²) in [5.41, 5.74) is -0.749. The van der Waals surface area contributed by atoms with Crippen LogP contribution in [0.1, 0.15) is 25.3 Å². The number of benzene rings is 1. The molecule has 1 aromatic rings. The number of carbonyl (C=O) groups is 2. The van der Waals surface area contributed by atoms with Crippen molar-refractivity contribution in [1.29, 1.82) is 0 Å². The Bertz CT molecular complexity index is 567. The Kier molecular flexibility index (Phi) is 3.24. The lowest BCUT2D eigenvalue weighted by atomic mass is 9.93. The fraction of sp³-hybridized carbons (Fsp3) is 0.500. The molecule has 1 amide bonds. The Hall–Kier alpha value is -1.88. The van der Waals surface area contributed by atoms with E-state index < -0.39 is 17.0 Å². The van der Waals surface area contributed by atoms with Crippen LogP contribution in [0.15, 0.2) is 30.3 Å². The second kappa shape index (κ2) is 4.84. The highest BCUT2D eigenvalue weighted by Gasteiger charge is 2.59. The maximum atomic E-state index is 12.5. The highest BCUT2D eigenvalue weighted by atomic mass is 16.5. The Morgan fingerprint density at radius 3 is 2.48 bits per heavy atom. The van der Waals surface area contributed by atoms with Gasteiger partial charge in [0.25, 0.3) is 0 Å². The minimum atomic E-state index is -1.17. The van der Waals surface area contributed by atoms with E-state index in [1.54, 1.807) is 4.90 Å². The first-order chi connectivity index (χ1) is 9.98. The summed E-state index contributed by atoms with van der Waals surface area (Å²) in [7, 11) is 0. The van der Waals surface area contributed by atoms with Crippen LogP contribution in [0, 0.1) is 5.41 Å². The number of aliphatic carboxylic acids is 1. The number of ether oxygens (including phenoxy) is 1. The van der Waals surface area contributed by atoms with Crippen molar-refractivity contribution in [1.82, 2.24) is 4.90 Å². The van der Waals surface area contributed by atoms with Crippen molar-refractivity contribution < 1.29 is 19.4 Å². The van der Waals surface area contributed by atoms with Crippen molar-refractivity contribution in [3.05, 3.63) is 35.9 Å². The number of amides is 1. The Balaban J connectivity index is 1.81. The Labute approximate surface area is 123 Å². The molecule has 1 aliphatic heterocycles. The van der Waals surface area contributed by atoms with Gasteiger partial charge in [-0.2, -0.15) is 0 Å². The molecule has 5 heteroatoms. The van der Waals surface area contributed by atoms with Crippen LogP contribution >= 0.6 is 0 Å². The quantitative estimate of drug-likeness (QED) is 0.859. The molecule has 1 atom stereocenters. The fourth-order valence-corrected chi connectivity index (χ4v) is 2.96. The summed E-state index contributed by atoms with van der Waals surface area (Å²) >= 11 is 0. The number of nitrogens with zero attached hydrogens (tertiary/aromatic N) is 1. The van der Waals surface area contributed by atoms with Crippen LogP contribution in [0.5, 0.6) is 0 Å². The van der Waals surface area contributed by atoms with E-state index in [4.69, 9.17) is 4.74 Å². The van der Waals surface area contributed by atoms with Gasteiger partial charge in [0.05, 0.1) is 13.2 Å². The third-order valence-electron chi connectivity index (χ3n) is 4.51. The Morgan fingerprint density at radius 1 is 1.24 bits per heavy atom. The predicted molar refractivity (Wildman–Crippen MR) is 75.6 cm³/mol. The number of hydrogen-bond acceptors (Lipinski definition) is 3. The van der Waals surface area contributed by atoms with Crippen LogP contribution in [0.2, 0.25) is 0 Å². The fourth-order valence-electron chi connectivity index (χ4n) is 2.96. The molecule has 1 heterocycles. The lowest BCUT2D eigenvalue weighted by molar-refractivity contribution is -0.163. The maximum Gasteiger partial charge on any atom is 0.319 e. The number of carboxylic acids is 1. The molecule has 1 saturated carbocycles. The first-order valence-corrected chi connectivity index (χ1v) is 7.20. The van der Waals surface area contributed by atoms with Crippen LogP contribution < -0.4 is 0 Å². The average Bonchev–Trinajstić information content (AvgIpc) is 3.29. The van der Waals surface area contributed by atoms with Crippen LogP contribution in [0.4, 0.5) is 0 Å². The van der Waals surface area contributed by atoms with Crippen LogP contribution in [0.3, 0.4) is 0 Å². The monoisotopic (exact) mass is 289 g/mol. The number of hydrogen-bond donors (Lipinski definition) is 1. The highest BCUT2D eigenvalue weighted by Crippen LogP contribution is 2.48. The van der Waals surface area contributed by atoms with Gasteiger partial charge in [-0.1, -0.05) is 30.3 Å². The first kappa shape index (κ1) is 14.1. The second-order valence-electron chi connectivity index (χ2n) is 6.06. The van der Waals surface area contributed by atoms with Crippen molar-refractivity contribution in [2.24, 2.45) is 5.41 Å². The predicted octanol–water partition coefficient (Wildman–Crippen LogP) is 1.63. The van der Waals surface area contributed by atoms with Gasteiger partial charge in [0.15, 0.2) is 0 Å². The SMILES string of the molecule is CC1(c2ccccc2)CN(C(=O)C2(C(=O)O)CC2)CCO1. The van der Waals surface area contributed by atoms with Crippen molar-refractivity contribution >= 4 is 11.9 Å². The van der Waals surface area contributed by atoms with E-state index in [2.05, 4.69) is 0 Å². The zero-order chi connectivity index (χ0) is 15.1. The lowest BCUT2D eigenvalue weighted by Gasteiger charge is -2.41. The molecule has 1 N–H and O–H groups in total. The third-order valence-corrected chi connectivity index (χ3v) is 4.51. The number of rotatable bonds is 3. The van der Waals surface area contributed by atoms with E-state index in [0.29, 0.717) is 32.5 Å². The minimum absolute atomic E-state index is 0.263. The molecule has 2 aliphatic rings. The molecule has 1 unspecified atom stereocenters. The van der Waals surface area contributed by atoms with Crippen molar-refractivity contribution in [2.75, 3.05) is 19.7 Å². The summed E-state index contributed by atoms with van der Waals surface area (Å²) in [6.45, 7) is 3.22. The second-order valence-corrected chi connectivity index (χ2v) is 6.06. The summed E-state index contributed by atoms with van der Waals surface area (Å²) < 4.78 is 5.88. The normalized spacial score (nSPS) is 27.2. The van der Waals surface area contributed by atoms with Gasteiger partial charge in [-0.3, -0.25) is 9.59 Å². The molecule has 5 nitrogen and oxygen atoms in total. The Morgan fingerprint density at radius 2 is 1.90 bits per heavy atom.